The SMILES string of the molecule is CSC1CCCC1NC1c2ccccc2OCC1C. The molecule has 1 aromatic carbocycles. The number of fused-ring (bicyclic) bond motifs is 1. The third-order valence-corrected chi connectivity index (χ3v) is 5.64. The Labute approximate surface area is 120 Å². The summed E-state index contributed by atoms with van der Waals surface area (Å²) >= 11 is 2.02. The Morgan fingerprint density at radius 1 is 1.26 bits per heavy atom. The van der Waals surface area contributed by atoms with Gasteiger partial charge in [0.05, 0.1) is 6.61 Å². The normalized spacial score (nSPS) is 33.8. The van der Waals surface area contributed by atoms with E-state index in [1.54, 1.807) is 0 Å². The summed E-state index contributed by atoms with van der Waals surface area (Å²) in [5, 5.41) is 4.70. The first-order valence-electron chi connectivity index (χ1n) is 7.30. The maximum Gasteiger partial charge on any atom is 0.124 e. The first-order chi connectivity index (χ1) is 9.29. The predicted octanol–water partition coefficient (Wildman–Crippen LogP) is 3.63. The maximum atomic E-state index is 5.84. The highest BCUT2D eigenvalue weighted by Crippen LogP contribution is 2.37. The minimum absolute atomic E-state index is 0.447. The zero-order valence-electron chi connectivity index (χ0n) is 11.8. The fraction of sp³-hybridized carbons (Fsp3) is 0.625. The Bertz CT molecular complexity index is 437. The lowest BCUT2D eigenvalue weighted by atomic mass is 9.91. The number of ether oxygens (including phenoxy) is 1. The van der Waals surface area contributed by atoms with Crippen LogP contribution in [-0.4, -0.2) is 24.2 Å². The van der Waals surface area contributed by atoms with Crippen molar-refractivity contribution in [2.75, 3.05) is 12.9 Å². The van der Waals surface area contributed by atoms with E-state index in [1.165, 1.54) is 24.8 Å². The molecule has 0 amide bonds. The van der Waals surface area contributed by atoms with Gasteiger partial charge in [-0.3, -0.25) is 0 Å². The van der Waals surface area contributed by atoms with Crippen molar-refractivity contribution in [3.05, 3.63) is 29.8 Å². The average Bonchev–Trinajstić information content (AvgIpc) is 2.89. The van der Waals surface area contributed by atoms with Gasteiger partial charge in [-0.15, -0.1) is 0 Å². The highest BCUT2D eigenvalue weighted by atomic mass is 32.2. The van der Waals surface area contributed by atoms with Crippen LogP contribution in [0.5, 0.6) is 5.75 Å². The number of benzene rings is 1. The Morgan fingerprint density at radius 2 is 2.11 bits per heavy atom. The van der Waals surface area contributed by atoms with E-state index in [0.717, 1.165) is 17.6 Å². The zero-order valence-corrected chi connectivity index (χ0v) is 12.6. The zero-order chi connectivity index (χ0) is 13.2. The third-order valence-electron chi connectivity index (χ3n) is 4.47. The van der Waals surface area contributed by atoms with Crippen molar-refractivity contribution in [3.63, 3.8) is 0 Å². The third kappa shape index (κ3) is 2.63. The van der Waals surface area contributed by atoms with Gasteiger partial charge in [0.15, 0.2) is 0 Å². The first-order valence-corrected chi connectivity index (χ1v) is 8.59. The summed E-state index contributed by atoms with van der Waals surface area (Å²) in [6.07, 6.45) is 6.28. The van der Waals surface area contributed by atoms with Crippen molar-refractivity contribution in [2.24, 2.45) is 5.92 Å². The number of thioether (sulfide) groups is 1. The quantitative estimate of drug-likeness (QED) is 0.911. The molecule has 0 radical (unpaired) electrons. The van der Waals surface area contributed by atoms with Crippen molar-refractivity contribution in [3.8, 4) is 5.75 Å². The molecule has 0 spiro atoms. The minimum atomic E-state index is 0.447. The molecule has 104 valence electrons. The van der Waals surface area contributed by atoms with Gasteiger partial charge in [0.25, 0.3) is 0 Å². The molecule has 1 heterocycles. The molecule has 0 bridgehead atoms. The topological polar surface area (TPSA) is 21.3 Å². The molecule has 0 aromatic heterocycles. The minimum Gasteiger partial charge on any atom is -0.493 e. The molecule has 2 aliphatic rings. The monoisotopic (exact) mass is 277 g/mol. The van der Waals surface area contributed by atoms with Crippen molar-refractivity contribution in [1.82, 2.24) is 5.32 Å². The second-order valence-corrected chi connectivity index (χ2v) is 6.86. The van der Waals surface area contributed by atoms with Crippen LogP contribution in [0.15, 0.2) is 24.3 Å². The summed E-state index contributed by atoms with van der Waals surface area (Å²) in [4.78, 5) is 0. The summed E-state index contributed by atoms with van der Waals surface area (Å²) in [6, 6.07) is 9.60. The van der Waals surface area contributed by atoms with E-state index >= 15 is 0 Å². The van der Waals surface area contributed by atoms with Crippen LogP contribution in [0.3, 0.4) is 0 Å². The van der Waals surface area contributed by atoms with E-state index in [1.807, 2.05) is 11.8 Å². The summed E-state index contributed by atoms with van der Waals surface area (Å²) < 4.78 is 5.84. The molecule has 1 aliphatic carbocycles. The molecule has 0 saturated heterocycles. The van der Waals surface area contributed by atoms with Gasteiger partial charge < -0.3 is 10.1 Å². The fourth-order valence-corrected chi connectivity index (χ4v) is 4.32. The van der Waals surface area contributed by atoms with Crippen LogP contribution >= 0.6 is 11.8 Å². The van der Waals surface area contributed by atoms with E-state index < -0.39 is 0 Å². The lowest BCUT2D eigenvalue weighted by molar-refractivity contribution is 0.181. The highest BCUT2D eigenvalue weighted by molar-refractivity contribution is 7.99. The summed E-state index contributed by atoms with van der Waals surface area (Å²) in [5.41, 5.74) is 1.34. The van der Waals surface area contributed by atoms with E-state index in [-0.39, 0.29) is 0 Å². The molecule has 1 aromatic rings. The fourth-order valence-electron chi connectivity index (χ4n) is 3.38. The smallest absolute Gasteiger partial charge is 0.124 e. The van der Waals surface area contributed by atoms with E-state index in [2.05, 4.69) is 42.8 Å². The van der Waals surface area contributed by atoms with Gasteiger partial charge >= 0.3 is 0 Å². The standard InChI is InChI=1S/C16H23NOS/c1-11-10-18-14-8-4-3-6-12(14)16(11)17-13-7-5-9-15(13)19-2/h3-4,6,8,11,13,15-17H,5,7,9-10H2,1-2H3. The molecule has 3 heteroatoms. The second kappa shape index (κ2) is 5.76. The van der Waals surface area contributed by atoms with Crippen LogP contribution in [0.25, 0.3) is 0 Å². The van der Waals surface area contributed by atoms with Crippen LogP contribution in [0.2, 0.25) is 0 Å². The summed E-state index contributed by atoms with van der Waals surface area (Å²) in [6.45, 7) is 3.11. The molecular formula is C16H23NOS. The first kappa shape index (κ1) is 13.3. The Balaban J connectivity index is 1.80. The van der Waals surface area contributed by atoms with Crippen molar-refractivity contribution < 1.29 is 4.74 Å². The molecular weight excluding hydrogens is 254 g/mol. The van der Waals surface area contributed by atoms with Gasteiger partial charge in [0.2, 0.25) is 0 Å². The molecule has 1 saturated carbocycles. The largest absolute Gasteiger partial charge is 0.493 e. The van der Waals surface area contributed by atoms with Crippen molar-refractivity contribution in [1.29, 1.82) is 0 Å². The number of rotatable bonds is 3. The second-order valence-electron chi connectivity index (χ2n) is 5.78. The Morgan fingerprint density at radius 3 is 2.95 bits per heavy atom. The van der Waals surface area contributed by atoms with Gasteiger partial charge in [0, 0.05) is 28.8 Å². The molecule has 3 rings (SSSR count). The lowest BCUT2D eigenvalue weighted by Gasteiger charge is -2.35. The average molecular weight is 277 g/mol. The maximum absolute atomic E-state index is 5.84. The molecule has 2 nitrogen and oxygen atoms in total. The van der Waals surface area contributed by atoms with Crippen LogP contribution < -0.4 is 10.1 Å². The van der Waals surface area contributed by atoms with Crippen LogP contribution in [0, 0.1) is 5.92 Å². The van der Waals surface area contributed by atoms with Gasteiger partial charge in [-0.2, -0.15) is 11.8 Å². The molecule has 1 aliphatic heterocycles. The van der Waals surface area contributed by atoms with Crippen LogP contribution in [-0.2, 0) is 0 Å². The summed E-state index contributed by atoms with van der Waals surface area (Å²) in [5.74, 6) is 1.61. The van der Waals surface area contributed by atoms with Crippen LogP contribution in [0.4, 0.5) is 0 Å². The van der Waals surface area contributed by atoms with Crippen molar-refractivity contribution >= 4 is 11.8 Å². The van der Waals surface area contributed by atoms with Gasteiger partial charge in [0.1, 0.15) is 5.75 Å². The molecule has 4 unspecified atom stereocenters. The van der Waals surface area contributed by atoms with Gasteiger partial charge in [-0.25, -0.2) is 0 Å². The number of hydrogen-bond donors (Lipinski definition) is 1. The van der Waals surface area contributed by atoms with E-state index in [0.29, 0.717) is 18.0 Å². The molecule has 19 heavy (non-hydrogen) atoms. The van der Waals surface area contributed by atoms with Crippen LogP contribution in [0.1, 0.15) is 37.8 Å². The molecule has 4 atom stereocenters. The van der Waals surface area contributed by atoms with E-state index in [4.69, 9.17) is 4.74 Å². The van der Waals surface area contributed by atoms with E-state index in [9.17, 15) is 0 Å². The number of hydrogen-bond acceptors (Lipinski definition) is 3. The highest BCUT2D eigenvalue weighted by Gasteiger charge is 2.33. The number of para-hydroxylation sites is 1. The Kier molecular flexibility index (Phi) is 4.04. The molecule has 1 fully saturated rings. The van der Waals surface area contributed by atoms with Crippen molar-refractivity contribution in [2.45, 2.75) is 43.5 Å². The molecule has 1 N–H and O–H groups in total. The predicted molar refractivity (Wildman–Crippen MR) is 81.9 cm³/mol. The summed E-state index contributed by atoms with van der Waals surface area (Å²) in [7, 11) is 0. The lowest BCUT2D eigenvalue weighted by Crippen LogP contribution is -2.42. The van der Waals surface area contributed by atoms with Gasteiger partial charge in [-0.1, -0.05) is 31.5 Å². The number of nitrogens with one attached hydrogen (secondary N) is 1. The Hall–Kier alpha value is -0.670. The van der Waals surface area contributed by atoms with Gasteiger partial charge in [-0.05, 0) is 25.2 Å².